The predicted octanol–water partition coefficient (Wildman–Crippen LogP) is 5.24. The fourth-order valence-electron chi connectivity index (χ4n) is 2.99. The Morgan fingerprint density at radius 1 is 0.929 bits per heavy atom. The number of rotatable bonds is 4. The highest BCUT2D eigenvalue weighted by Crippen LogP contribution is 2.26. The van der Waals surface area contributed by atoms with Crippen LogP contribution in [0.3, 0.4) is 0 Å². The highest BCUT2D eigenvalue weighted by atomic mass is 16.5. The summed E-state index contributed by atoms with van der Waals surface area (Å²) < 4.78 is 5.54. The minimum atomic E-state index is -0.467. The molecule has 0 aliphatic heterocycles. The van der Waals surface area contributed by atoms with Gasteiger partial charge in [-0.25, -0.2) is 9.78 Å². The van der Waals surface area contributed by atoms with Gasteiger partial charge < -0.3 is 4.74 Å². The number of fused-ring (bicyclic) bond motifs is 1. The van der Waals surface area contributed by atoms with Crippen LogP contribution in [0.2, 0.25) is 0 Å². The third-order valence-electron chi connectivity index (χ3n) is 4.51. The van der Waals surface area contributed by atoms with Gasteiger partial charge in [-0.05, 0) is 43.3 Å². The molecule has 0 unspecified atom stereocenters. The van der Waals surface area contributed by atoms with E-state index >= 15 is 0 Å². The Morgan fingerprint density at radius 2 is 1.64 bits per heavy atom. The van der Waals surface area contributed by atoms with Crippen LogP contribution in [0.4, 0.5) is 0 Å². The van der Waals surface area contributed by atoms with Crippen molar-refractivity contribution in [3.8, 4) is 17.0 Å². The number of pyridine rings is 1. The molecular weight excluding hydrogens is 350 g/mol. The number of para-hydroxylation sites is 1. The van der Waals surface area contributed by atoms with Crippen LogP contribution >= 0.6 is 0 Å². The number of ether oxygens (including phenoxy) is 1. The summed E-state index contributed by atoms with van der Waals surface area (Å²) in [6.45, 7) is 2.02. The molecule has 4 heteroatoms. The lowest BCUT2D eigenvalue weighted by atomic mass is 10.0. The molecular formula is C24H17NO3. The van der Waals surface area contributed by atoms with Crippen molar-refractivity contribution in [2.24, 2.45) is 0 Å². The number of aldehydes is 1. The Bertz CT molecular complexity index is 1160. The molecule has 0 atom stereocenters. The number of benzene rings is 3. The third-order valence-corrected chi connectivity index (χ3v) is 4.51. The first-order valence-corrected chi connectivity index (χ1v) is 8.88. The second-order valence-corrected chi connectivity index (χ2v) is 6.51. The first-order chi connectivity index (χ1) is 13.6. The quantitative estimate of drug-likeness (QED) is 0.281. The van der Waals surface area contributed by atoms with E-state index in [0.29, 0.717) is 22.6 Å². The topological polar surface area (TPSA) is 56.3 Å². The monoisotopic (exact) mass is 367 g/mol. The number of aryl methyl sites for hydroxylation is 1. The molecule has 4 nitrogen and oxygen atoms in total. The molecule has 0 aliphatic carbocycles. The van der Waals surface area contributed by atoms with Crippen LogP contribution in [0.1, 0.15) is 26.3 Å². The number of hydrogen-bond acceptors (Lipinski definition) is 4. The lowest BCUT2D eigenvalue weighted by Gasteiger charge is -2.10. The van der Waals surface area contributed by atoms with Crippen LogP contribution < -0.4 is 4.74 Å². The summed E-state index contributed by atoms with van der Waals surface area (Å²) in [6.07, 6.45) is 0.746. The van der Waals surface area contributed by atoms with Crippen LogP contribution in [0.15, 0.2) is 78.9 Å². The second kappa shape index (κ2) is 7.45. The van der Waals surface area contributed by atoms with Crippen molar-refractivity contribution in [3.63, 3.8) is 0 Å². The van der Waals surface area contributed by atoms with Gasteiger partial charge >= 0.3 is 5.97 Å². The number of nitrogens with zero attached hydrogens (tertiary/aromatic N) is 1. The molecule has 4 aromatic rings. The van der Waals surface area contributed by atoms with E-state index in [2.05, 4.69) is 0 Å². The summed E-state index contributed by atoms with van der Waals surface area (Å²) in [4.78, 5) is 28.4. The molecule has 1 aromatic heterocycles. The zero-order valence-electron chi connectivity index (χ0n) is 15.3. The van der Waals surface area contributed by atoms with Gasteiger partial charge in [0, 0.05) is 16.5 Å². The zero-order valence-corrected chi connectivity index (χ0v) is 15.3. The molecule has 4 rings (SSSR count). The van der Waals surface area contributed by atoms with Gasteiger partial charge in [0.2, 0.25) is 0 Å². The van der Waals surface area contributed by atoms with E-state index in [1.165, 1.54) is 0 Å². The highest BCUT2D eigenvalue weighted by Gasteiger charge is 2.16. The van der Waals surface area contributed by atoms with Gasteiger partial charge in [0.25, 0.3) is 0 Å². The number of carbonyl (C=O) groups excluding carboxylic acids is 2. The third kappa shape index (κ3) is 3.53. The van der Waals surface area contributed by atoms with Crippen molar-refractivity contribution in [2.75, 3.05) is 0 Å². The normalized spacial score (nSPS) is 10.6. The largest absolute Gasteiger partial charge is 0.423 e. The maximum atomic E-state index is 12.9. The molecule has 0 fully saturated rings. The van der Waals surface area contributed by atoms with E-state index in [1.54, 1.807) is 30.3 Å². The standard InChI is InChI=1S/C24H17NO3/c1-16-6-10-18(11-7-16)23-14-21(20-4-2-3-5-22(20)25-23)24(27)28-19-12-8-17(15-26)9-13-19/h2-15H,1H3. The maximum absolute atomic E-state index is 12.9. The molecule has 3 aromatic carbocycles. The van der Waals surface area contributed by atoms with Crippen molar-refractivity contribution < 1.29 is 14.3 Å². The van der Waals surface area contributed by atoms with Crippen molar-refractivity contribution in [1.29, 1.82) is 0 Å². The van der Waals surface area contributed by atoms with Crippen LogP contribution in [-0.2, 0) is 0 Å². The Morgan fingerprint density at radius 3 is 2.36 bits per heavy atom. The Labute approximate surface area is 162 Å². The second-order valence-electron chi connectivity index (χ2n) is 6.51. The van der Waals surface area contributed by atoms with E-state index in [1.807, 2.05) is 55.5 Å². The molecule has 136 valence electrons. The van der Waals surface area contributed by atoms with Gasteiger partial charge in [-0.15, -0.1) is 0 Å². The minimum Gasteiger partial charge on any atom is -0.423 e. The lowest BCUT2D eigenvalue weighted by Crippen LogP contribution is -2.10. The average molecular weight is 367 g/mol. The molecule has 1 heterocycles. The SMILES string of the molecule is Cc1ccc(-c2cc(C(=O)Oc3ccc(C=O)cc3)c3ccccc3n2)cc1. The minimum absolute atomic E-state index is 0.383. The van der Waals surface area contributed by atoms with E-state index in [-0.39, 0.29) is 0 Å². The zero-order chi connectivity index (χ0) is 19.5. The Kier molecular flexibility index (Phi) is 4.68. The highest BCUT2D eigenvalue weighted by molar-refractivity contribution is 6.05. The van der Waals surface area contributed by atoms with Crippen LogP contribution in [0.5, 0.6) is 5.75 Å². The summed E-state index contributed by atoms with van der Waals surface area (Å²) in [7, 11) is 0. The number of carbonyl (C=O) groups is 2. The van der Waals surface area contributed by atoms with Crippen LogP contribution in [0.25, 0.3) is 22.2 Å². The van der Waals surface area contributed by atoms with E-state index in [0.717, 1.165) is 28.3 Å². The van der Waals surface area contributed by atoms with Gasteiger partial charge in [0.05, 0.1) is 16.8 Å². The summed E-state index contributed by atoms with van der Waals surface area (Å²) >= 11 is 0. The summed E-state index contributed by atoms with van der Waals surface area (Å²) in [5, 5.41) is 0.730. The van der Waals surface area contributed by atoms with Crippen LogP contribution in [0, 0.1) is 6.92 Å². The van der Waals surface area contributed by atoms with E-state index in [4.69, 9.17) is 9.72 Å². The molecule has 0 saturated carbocycles. The maximum Gasteiger partial charge on any atom is 0.344 e. The van der Waals surface area contributed by atoms with E-state index in [9.17, 15) is 9.59 Å². The van der Waals surface area contributed by atoms with Gasteiger partial charge in [-0.1, -0.05) is 48.0 Å². The molecule has 0 spiro atoms. The average Bonchev–Trinajstić information content (AvgIpc) is 2.74. The van der Waals surface area contributed by atoms with Crippen LogP contribution in [-0.4, -0.2) is 17.2 Å². The van der Waals surface area contributed by atoms with Gasteiger partial charge in [0.15, 0.2) is 0 Å². The molecule has 0 amide bonds. The molecule has 0 aliphatic rings. The number of aromatic nitrogens is 1. The summed E-state index contributed by atoms with van der Waals surface area (Å²) in [5.74, 6) is -0.0841. The molecule has 0 radical (unpaired) electrons. The molecule has 0 saturated heterocycles. The predicted molar refractivity (Wildman–Crippen MR) is 109 cm³/mol. The van der Waals surface area contributed by atoms with Gasteiger partial charge in [0.1, 0.15) is 12.0 Å². The van der Waals surface area contributed by atoms with Gasteiger partial charge in [-0.3, -0.25) is 4.79 Å². The van der Waals surface area contributed by atoms with Crippen molar-refractivity contribution in [2.45, 2.75) is 6.92 Å². The molecule has 0 bridgehead atoms. The lowest BCUT2D eigenvalue weighted by molar-refractivity contribution is 0.0736. The van der Waals surface area contributed by atoms with E-state index < -0.39 is 5.97 Å². The fraction of sp³-hybridized carbons (Fsp3) is 0.0417. The smallest absolute Gasteiger partial charge is 0.344 e. The number of esters is 1. The number of hydrogen-bond donors (Lipinski definition) is 0. The molecule has 28 heavy (non-hydrogen) atoms. The summed E-state index contributed by atoms with van der Waals surface area (Å²) in [6, 6.07) is 23.7. The fourth-order valence-corrected chi connectivity index (χ4v) is 2.99. The Balaban J connectivity index is 1.76. The molecule has 0 N–H and O–H groups in total. The van der Waals surface area contributed by atoms with Crippen molar-refractivity contribution in [3.05, 3.63) is 95.6 Å². The van der Waals surface area contributed by atoms with Crippen molar-refractivity contribution >= 4 is 23.2 Å². The van der Waals surface area contributed by atoms with Gasteiger partial charge in [-0.2, -0.15) is 0 Å². The first-order valence-electron chi connectivity index (χ1n) is 8.88. The van der Waals surface area contributed by atoms with Crippen molar-refractivity contribution in [1.82, 2.24) is 4.98 Å². The summed E-state index contributed by atoms with van der Waals surface area (Å²) in [5.41, 5.74) is 4.49. The first kappa shape index (κ1) is 17.6. The Hall–Kier alpha value is -3.79.